The van der Waals surface area contributed by atoms with E-state index in [4.69, 9.17) is 14.2 Å². The van der Waals surface area contributed by atoms with Gasteiger partial charge < -0.3 is 29.2 Å². The highest BCUT2D eigenvalue weighted by Crippen LogP contribution is 2.32. The Hall–Kier alpha value is -3.82. The summed E-state index contributed by atoms with van der Waals surface area (Å²) in [6.45, 7) is 5.15. The smallest absolute Gasteiger partial charge is 0.415 e. The first-order valence-electron chi connectivity index (χ1n) is 11.6. The minimum atomic E-state index is -0.645. The number of imidazole rings is 1. The molecule has 0 bridgehead atoms. The molecule has 5 rings (SSSR count). The van der Waals surface area contributed by atoms with Gasteiger partial charge in [-0.05, 0) is 79.1 Å². The molecule has 0 saturated carbocycles. The van der Waals surface area contributed by atoms with Gasteiger partial charge in [-0.15, -0.1) is 0 Å². The molecule has 0 radical (unpaired) electrons. The van der Waals surface area contributed by atoms with Gasteiger partial charge in [0, 0.05) is 23.8 Å². The topological polar surface area (TPSA) is 91.9 Å². The number of hydrogen-bond acceptors (Lipinski definition) is 7. The Kier molecular flexibility index (Phi) is 6.19. The molecule has 2 aromatic carbocycles. The summed E-state index contributed by atoms with van der Waals surface area (Å²) in [6.07, 6.45) is 3.44. The van der Waals surface area contributed by atoms with E-state index in [9.17, 15) is 14.5 Å². The van der Waals surface area contributed by atoms with Crippen molar-refractivity contribution in [3.63, 3.8) is 0 Å². The lowest BCUT2D eigenvalue weighted by molar-refractivity contribution is -0.389. The number of rotatable bonds is 8. The van der Waals surface area contributed by atoms with Gasteiger partial charge in [0.25, 0.3) is 0 Å². The van der Waals surface area contributed by atoms with E-state index < -0.39 is 10.5 Å². The van der Waals surface area contributed by atoms with Gasteiger partial charge in [0.1, 0.15) is 30.1 Å². The molecule has 9 nitrogen and oxygen atoms in total. The van der Waals surface area contributed by atoms with Crippen LogP contribution in [0.15, 0.2) is 54.7 Å². The lowest BCUT2D eigenvalue weighted by Crippen LogP contribution is -2.38. The van der Waals surface area contributed by atoms with Crippen molar-refractivity contribution in [1.82, 2.24) is 9.55 Å². The van der Waals surface area contributed by atoms with E-state index in [1.807, 2.05) is 19.1 Å². The Labute approximate surface area is 202 Å². The van der Waals surface area contributed by atoms with Crippen molar-refractivity contribution in [2.24, 2.45) is 5.92 Å². The minimum absolute atomic E-state index is 0.219. The summed E-state index contributed by atoms with van der Waals surface area (Å²) < 4.78 is 32.2. The number of fused-ring (bicyclic) bond motifs is 1. The van der Waals surface area contributed by atoms with Gasteiger partial charge >= 0.3 is 11.8 Å². The number of hydrogen-bond donors (Lipinski definition) is 0. The van der Waals surface area contributed by atoms with Crippen molar-refractivity contribution in [1.29, 1.82) is 0 Å². The summed E-state index contributed by atoms with van der Waals surface area (Å²) in [6, 6.07) is 14.4. The first-order valence-corrected chi connectivity index (χ1v) is 11.6. The number of benzene rings is 2. The fraction of sp³-hybridized carbons (Fsp3) is 0.400. The number of nitro groups is 1. The summed E-state index contributed by atoms with van der Waals surface area (Å²) in [4.78, 5) is 16.6. The number of aromatic nitrogens is 2. The zero-order chi connectivity index (χ0) is 24.4. The molecule has 184 valence electrons. The average Bonchev–Trinajstić information content (AvgIpc) is 3.39. The Morgan fingerprint density at radius 2 is 1.77 bits per heavy atom. The molecular weight excluding hydrogens is 455 g/mol. The molecule has 1 fully saturated rings. The van der Waals surface area contributed by atoms with E-state index in [0.29, 0.717) is 31.4 Å². The van der Waals surface area contributed by atoms with E-state index in [1.165, 1.54) is 18.3 Å². The van der Waals surface area contributed by atoms with Gasteiger partial charge in [-0.2, -0.15) is 0 Å². The molecule has 1 atom stereocenters. The molecule has 35 heavy (non-hydrogen) atoms. The molecule has 1 saturated heterocycles. The molecule has 0 N–H and O–H groups in total. The van der Waals surface area contributed by atoms with Crippen LogP contribution in [0.4, 0.5) is 15.9 Å². The highest BCUT2D eigenvalue weighted by atomic mass is 19.1. The van der Waals surface area contributed by atoms with E-state index in [1.54, 1.807) is 16.7 Å². The number of halogens is 1. The molecule has 2 aliphatic rings. The van der Waals surface area contributed by atoms with Crippen LogP contribution in [0.25, 0.3) is 0 Å². The predicted molar refractivity (Wildman–Crippen MR) is 127 cm³/mol. The maximum absolute atomic E-state index is 13.0. The van der Waals surface area contributed by atoms with Crippen molar-refractivity contribution in [2.45, 2.75) is 31.9 Å². The molecule has 10 heteroatoms. The quantitative estimate of drug-likeness (QED) is 0.346. The van der Waals surface area contributed by atoms with Crippen LogP contribution in [0.5, 0.6) is 17.5 Å². The Bertz CT molecular complexity index is 1150. The van der Waals surface area contributed by atoms with Crippen LogP contribution in [-0.4, -0.2) is 46.4 Å². The van der Waals surface area contributed by atoms with E-state index in [2.05, 4.69) is 22.0 Å². The van der Waals surface area contributed by atoms with Crippen LogP contribution in [-0.2, 0) is 6.54 Å². The first-order chi connectivity index (χ1) is 16.9. The summed E-state index contributed by atoms with van der Waals surface area (Å²) in [7, 11) is 0. The van der Waals surface area contributed by atoms with Crippen molar-refractivity contribution in [3.8, 4) is 17.5 Å². The van der Waals surface area contributed by atoms with E-state index >= 15 is 0 Å². The third-order valence-corrected chi connectivity index (χ3v) is 6.42. The first kappa shape index (κ1) is 22.9. The predicted octanol–water partition coefficient (Wildman–Crippen LogP) is 4.46. The summed E-state index contributed by atoms with van der Waals surface area (Å²) in [5.41, 5.74) is 0.500. The molecule has 3 heterocycles. The lowest BCUT2D eigenvalue weighted by Gasteiger charge is -2.33. The van der Waals surface area contributed by atoms with Crippen LogP contribution >= 0.6 is 0 Å². The summed E-state index contributed by atoms with van der Waals surface area (Å²) in [5, 5.41) is 10.9. The third-order valence-electron chi connectivity index (χ3n) is 6.42. The van der Waals surface area contributed by atoms with Gasteiger partial charge in [0.2, 0.25) is 0 Å². The summed E-state index contributed by atoms with van der Waals surface area (Å²) >= 11 is 0. The third kappa shape index (κ3) is 5.31. The fourth-order valence-corrected chi connectivity index (χ4v) is 4.45. The Morgan fingerprint density at radius 3 is 2.43 bits per heavy atom. The van der Waals surface area contributed by atoms with Crippen LogP contribution in [0.2, 0.25) is 0 Å². The van der Waals surface area contributed by atoms with E-state index in [-0.39, 0.29) is 17.6 Å². The molecule has 0 spiro atoms. The maximum Gasteiger partial charge on any atom is 0.415 e. The van der Waals surface area contributed by atoms with Crippen LogP contribution in [0, 0.1) is 21.8 Å². The van der Waals surface area contributed by atoms with Gasteiger partial charge in [-0.25, -0.2) is 4.39 Å². The number of nitrogens with zero attached hydrogens (tertiary/aromatic N) is 4. The zero-order valence-corrected chi connectivity index (χ0v) is 19.4. The second-order valence-electron chi connectivity index (χ2n) is 9.30. The molecule has 3 aromatic rings. The van der Waals surface area contributed by atoms with Crippen LogP contribution < -0.4 is 19.1 Å². The van der Waals surface area contributed by atoms with Crippen molar-refractivity contribution in [3.05, 3.63) is 70.7 Å². The standard InChI is InChI=1S/C25H27FN4O5/c1-25(16-29-14-23(30(31)32)27-24(29)35-25)17-34-22-8-4-20(5-9-22)28-12-10-18(11-13-28)15-33-21-6-2-19(26)3-7-21/h2-9,14,18H,10-13,15-17H2,1H3/t25-/m1/s1. The highest BCUT2D eigenvalue weighted by Gasteiger charge is 2.41. The van der Waals surface area contributed by atoms with Gasteiger partial charge in [-0.1, -0.05) is 0 Å². The zero-order valence-electron chi connectivity index (χ0n) is 19.4. The molecular formula is C25H27FN4O5. The SMILES string of the molecule is C[C@]1(COc2ccc(N3CCC(COc4ccc(F)cc4)CC3)cc2)Cn2cc([N+](=O)[O-])nc2O1. The normalized spacial score (nSPS) is 19.8. The van der Waals surface area contributed by atoms with Crippen LogP contribution in [0.3, 0.4) is 0 Å². The average molecular weight is 483 g/mol. The van der Waals surface area contributed by atoms with Crippen molar-refractivity contribution in [2.75, 3.05) is 31.2 Å². The van der Waals surface area contributed by atoms with Gasteiger partial charge in [0.05, 0.1) is 13.2 Å². The minimum Gasteiger partial charge on any atom is -0.493 e. The highest BCUT2D eigenvalue weighted by molar-refractivity contribution is 5.49. The number of ether oxygens (including phenoxy) is 3. The monoisotopic (exact) mass is 482 g/mol. The van der Waals surface area contributed by atoms with Gasteiger partial charge in [-0.3, -0.25) is 4.57 Å². The Balaban J connectivity index is 1.07. The Morgan fingerprint density at radius 1 is 1.11 bits per heavy atom. The van der Waals surface area contributed by atoms with E-state index in [0.717, 1.165) is 37.4 Å². The lowest BCUT2D eigenvalue weighted by atomic mass is 9.97. The second kappa shape index (κ2) is 9.44. The van der Waals surface area contributed by atoms with Crippen LogP contribution in [0.1, 0.15) is 19.8 Å². The largest absolute Gasteiger partial charge is 0.493 e. The van der Waals surface area contributed by atoms with Gasteiger partial charge in [0.15, 0.2) is 5.60 Å². The fourth-order valence-electron chi connectivity index (χ4n) is 4.45. The molecule has 0 aliphatic carbocycles. The number of anilines is 1. The molecule has 0 amide bonds. The number of piperidine rings is 1. The second-order valence-corrected chi connectivity index (χ2v) is 9.30. The van der Waals surface area contributed by atoms with Crippen molar-refractivity contribution < 1.29 is 23.5 Å². The molecule has 1 aromatic heterocycles. The maximum atomic E-state index is 13.0. The molecule has 0 unspecified atom stereocenters. The molecule has 2 aliphatic heterocycles. The summed E-state index contributed by atoms with van der Waals surface area (Å²) in [5.74, 6) is 1.43. The van der Waals surface area contributed by atoms with Crippen molar-refractivity contribution >= 4 is 11.5 Å².